The van der Waals surface area contributed by atoms with Crippen LogP contribution in [0.15, 0.2) is 48.5 Å². The third-order valence-electron chi connectivity index (χ3n) is 6.66. The van der Waals surface area contributed by atoms with Crippen LogP contribution in [0.2, 0.25) is 0 Å². The summed E-state index contributed by atoms with van der Waals surface area (Å²) in [6.07, 6.45) is 10.1. The minimum absolute atomic E-state index is 0.319. The molecule has 2 aromatic rings. The van der Waals surface area contributed by atoms with Gasteiger partial charge in [-0.1, -0.05) is 80.6 Å². The van der Waals surface area contributed by atoms with E-state index in [2.05, 4.69) is 48.5 Å². The molecule has 2 unspecified atom stereocenters. The Kier molecular flexibility index (Phi) is 2.77. The standard InChI is InChI=1S/C22H24/c1-3-10-20-18(8-1)19-9-2-4-11-21(19)22(20)14-16-6-5-7-17(15-22)13-12-16/h1-4,8-11,16-17H,5-7,12-15H2. The first kappa shape index (κ1) is 12.9. The summed E-state index contributed by atoms with van der Waals surface area (Å²) in [4.78, 5) is 0. The van der Waals surface area contributed by atoms with Gasteiger partial charge in [-0.2, -0.15) is 0 Å². The predicted octanol–water partition coefficient (Wildman–Crippen LogP) is 5.94. The van der Waals surface area contributed by atoms with Gasteiger partial charge in [0.15, 0.2) is 0 Å². The van der Waals surface area contributed by atoms with Crippen molar-refractivity contribution in [3.8, 4) is 11.1 Å². The Balaban J connectivity index is 1.76. The Morgan fingerprint density at radius 2 is 1.14 bits per heavy atom. The van der Waals surface area contributed by atoms with Gasteiger partial charge in [-0.05, 0) is 46.9 Å². The molecule has 0 saturated heterocycles. The Morgan fingerprint density at radius 3 is 1.68 bits per heavy atom. The third kappa shape index (κ3) is 1.70. The fourth-order valence-corrected chi connectivity index (χ4v) is 5.79. The largest absolute Gasteiger partial charge is 0.0619 e. The molecule has 0 amide bonds. The van der Waals surface area contributed by atoms with Crippen molar-refractivity contribution in [3.05, 3.63) is 59.7 Å². The van der Waals surface area contributed by atoms with E-state index in [0.717, 1.165) is 11.8 Å². The van der Waals surface area contributed by atoms with Gasteiger partial charge in [-0.25, -0.2) is 0 Å². The van der Waals surface area contributed by atoms with Gasteiger partial charge in [0.05, 0.1) is 0 Å². The average molecular weight is 288 g/mol. The van der Waals surface area contributed by atoms with Gasteiger partial charge in [0.1, 0.15) is 0 Å². The lowest BCUT2D eigenvalue weighted by Gasteiger charge is -2.37. The minimum atomic E-state index is 0.319. The number of rotatable bonds is 0. The smallest absolute Gasteiger partial charge is 0.0220 e. The van der Waals surface area contributed by atoms with E-state index < -0.39 is 0 Å². The van der Waals surface area contributed by atoms with Crippen LogP contribution in [0.4, 0.5) is 0 Å². The molecule has 2 saturated carbocycles. The molecule has 2 atom stereocenters. The Bertz CT molecular complexity index is 650. The molecule has 112 valence electrons. The van der Waals surface area contributed by atoms with Crippen molar-refractivity contribution in [2.45, 2.75) is 50.4 Å². The lowest BCUT2D eigenvalue weighted by Crippen LogP contribution is -2.30. The summed E-state index contributed by atoms with van der Waals surface area (Å²) < 4.78 is 0. The van der Waals surface area contributed by atoms with Gasteiger partial charge in [-0.3, -0.25) is 0 Å². The quantitative estimate of drug-likeness (QED) is 0.562. The van der Waals surface area contributed by atoms with Crippen molar-refractivity contribution < 1.29 is 0 Å². The second kappa shape index (κ2) is 4.72. The molecule has 5 rings (SSSR count). The highest BCUT2D eigenvalue weighted by Crippen LogP contribution is 2.58. The SMILES string of the molecule is c1ccc2c(c1)-c1ccccc1C21CC2CCCC(CC2)C1. The van der Waals surface area contributed by atoms with Gasteiger partial charge in [-0.15, -0.1) is 0 Å². The number of fused-ring (bicyclic) bond motifs is 8. The minimum Gasteiger partial charge on any atom is -0.0619 e. The number of hydrogen-bond donors (Lipinski definition) is 0. The monoisotopic (exact) mass is 288 g/mol. The molecule has 0 heterocycles. The molecule has 1 spiro atoms. The van der Waals surface area contributed by atoms with Crippen molar-refractivity contribution in [1.29, 1.82) is 0 Å². The molecular weight excluding hydrogens is 264 g/mol. The first-order chi connectivity index (χ1) is 10.9. The summed E-state index contributed by atoms with van der Waals surface area (Å²) in [6, 6.07) is 18.5. The molecule has 2 bridgehead atoms. The zero-order valence-corrected chi connectivity index (χ0v) is 13.2. The molecule has 0 N–H and O–H groups in total. The predicted molar refractivity (Wildman–Crippen MR) is 92.0 cm³/mol. The van der Waals surface area contributed by atoms with Gasteiger partial charge in [0.2, 0.25) is 0 Å². The van der Waals surface area contributed by atoms with Crippen LogP contribution in [-0.2, 0) is 5.41 Å². The summed E-state index contributed by atoms with van der Waals surface area (Å²) in [5, 5.41) is 0. The van der Waals surface area contributed by atoms with Crippen molar-refractivity contribution in [1.82, 2.24) is 0 Å². The van der Waals surface area contributed by atoms with Crippen molar-refractivity contribution >= 4 is 0 Å². The molecule has 2 fully saturated rings. The Hall–Kier alpha value is -1.56. The van der Waals surface area contributed by atoms with E-state index >= 15 is 0 Å². The average Bonchev–Trinajstić information content (AvgIpc) is 2.72. The van der Waals surface area contributed by atoms with E-state index in [1.165, 1.54) is 56.1 Å². The van der Waals surface area contributed by atoms with Crippen LogP contribution in [0.1, 0.15) is 56.1 Å². The van der Waals surface area contributed by atoms with E-state index in [4.69, 9.17) is 0 Å². The topological polar surface area (TPSA) is 0 Å². The normalized spacial score (nSPS) is 28.0. The second-order valence-electron chi connectivity index (χ2n) is 7.82. The number of hydrogen-bond acceptors (Lipinski definition) is 0. The van der Waals surface area contributed by atoms with Crippen molar-refractivity contribution in [3.63, 3.8) is 0 Å². The van der Waals surface area contributed by atoms with Crippen molar-refractivity contribution in [2.24, 2.45) is 11.8 Å². The fourth-order valence-electron chi connectivity index (χ4n) is 5.79. The zero-order valence-electron chi connectivity index (χ0n) is 13.2. The van der Waals surface area contributed by atoms with Gasteiger partial charge in [0, 0.05) is 5.41 Å². The molecule has 3 aliphatic rings. The Labute approximate surface area is 133 Å². The molecule has 0 radical (unpaired) electrons. The zero-order chi connectivity index (χ0) is 14.6. The molecule has 0 aromatic heterocycles. The van der Waals surface area contributed by atoms with E-state index in [1.807, 2.05) is 0 Å². The van der Waals surface area contributed by atoms with Crippen LogP contribution in [0, 0.1) is 11.8 Å². The molecule has 2 aromatic carbocycles. The van der Waals surface area contributed by atoms with E-state index in [1.54, 1.807) is 11.1 Å². The summed E-state index contributed by atoms with van der Waals surface area (Å²) >= 11 is 0. The lowest BCUT2D eigenvalue weighted by atomic mass is 9.66. The maximum Gasteiger partial charge on any atom is 0.0220 e. The van der Waals surface area contributed by atoms with Gasteiger partial charge < -0.3 is 0 Å². The van der Waals surface area contributed by atoms with Crippen LogP contribution in [-0.4, -0.2) is 0 Å². The van der Waals surface area contributed by atoms with Gasteiger partial charge in [0.25, 0.3) is 0 Å². The maximum absolute atomic E-state index is 2.43. The van der Waals surface area contributed by atoms with E-state index in [9.17, 15) is 0 Å². The second-order valence-corrected chi connectivity index (χ2v) is 7.82. The van der Waals surface area contributed by atoms with Crippen LogP contribution >= 0.6 is 0 Å². The van der Waals surface area contributed by atoms with Crippen molar-refractivity contribution in [2.75, 3.05) is 0 Å². The van der Waals surface area contributed by atoms with Crippen LogP contribution < -0.4 is 0 Å². The summed E-state index contributed by atoms with van der Waals surface area (Å²) in [5.41, 5.74) is 6.61. The molecule has 0 nitrogen and oxygen atoms in total. The summed E-state index contributed by atoms with van der Waals surface area (Å²) in [7, 11) is 0. The Morgan fingerprint density at radius 1 is 0.636 bits per heavy atom. The molecule has 0 heteroatoms. The first-order valence-corrected chi connectivity index (χ1v) is 9.06. The van der Waals surface area contributed by atoms with E-state index in [0.29, 0.717) is 5.41 Å². The summed E-state index contributed by atoms with van der Waals surface area (Å²) in [6.45, 7) is 0. The van der Waals surface area contributed by atoms with Crippen LogP contribution in [0.5, 0.6) is 0 Å². The van der Waals surface area contributed by atoms with Crippen LogP contribution in [0.25, 0.3) is 11.1 Å². The highest BCUT2D eigenvalue weighted by Gasteiger charge is 2.47. The van der Waals surface area contributed by atoms with Gasteiger partial charge >= 0.3 is 0 Å². The highest BCUT2D eigenvalue weighted by atomic mass is 14.5. The third-order valence-corrected chi connectivity index (χ3v) is 6.66. The van der Waals surface area contributed by atoms with Crippen LogP contribution in [0.3, 0.4) is 0 Å². The first-order valence-electron chi connectivity index (χ1n) is 9.06. The van der Waals surface area contributed by atoms with E-state index in [-0.39, 0.29) is 0 Å². The highest BCUT2D eigenvalue weighted by molar-refractivity contribution is 5.81. The molecule has 3 aliphatic carbocycles. The molecule has 0 aliphatic heterocycles. The lowest BCUT2D eigenvalue weighted by molar-refractivity contribution is 0.294. The number of benzene rings is 2. The summed E-state index contributed by atoms with van der Waals surface area (Å²) in [5.74, 6) is 1.87. The maximum atomic E-state index is 2.43. The molecular formula is C22H24. The fraction of sp³-hybridized carbons (Fsp3) is 0.455. The molecule has 22 heavy (non-hydrogen) atoms.